The molecule has 0 aliphatic carbocycles. The SMILES string of the molecule is COC(=O)c1ccc(CNCC(=O)OC(C)C(=O)c2ccc(Cl)cc2)c(NCc2ccc(C(=O)N3CC=CC3)cc2)c1. The molecular formula is C32H32ClN3O6. The summed E-state index contributed by atoms with van der Waals surface area (Å²) in [5, 5.41) is 6.88. The van der Waals surface area contributed by atoms with Gasteiger partial charge in [0.25, 0.3) is 5.91 Å². The molecule has 1 heterocycles. The van der Waals surface area contributed by atoms with Crippen LogP contribution in [0.15, 0.2) is 78.9 Å². The zero-order valence-electron chi connectivity index (χ0n) is 23.4. The van der Waals surface area contributed by atoms with E-state index >= 15 is 0 Å². The molecule has 3 aromatic carbocycles. The van der Waals surface area contributed by atoms with Crippen molar-refractivity contribution >= 4 is 40.9 Å². The third kappa shape index (κ3) is 8.05. The molecule has 0 fully saturated rings. The predicted molar refractivity (Wildman–Crippen MR) is 160 cm³/mol. The molecule has 0 saturated carbocycles. The molecule has 1 atom stereocenters. The summed E-state index contributed by atoms with van der Waals surface area (Å²) in [5.41, 5.74) is 3.81. The molecule has 0 saturated heterocycles. The number of carbonyl (C=O) groups excluding carboxylic acids is 4. The van der Waals surface area contributed by atoms with E-state index in [9.17, 15) is 19.2 Å². The van der Waals surface area contributed by atoms with E-state index in [2.05, 4.69) is 10.6 Å². The number of Topliss-reactive ketones (excluding diaryl/α,β-unsaturated/α-hetero) is 1. The Kier molecular flexibility index (Phi) is 10.5. The van der Waals surface area contributed by atoms with Crippen molar-refractivity contribution in [3.8, 4) is 0 Å². The molecule has 0 bridgehead atoms. The minimum Gasteiger partial charge on any atom is -0.465 e. The van der Waals surface area contributed by atoms with Gasteiger partial charge in [0.15, 0.2) is 6.10 Å². The number of benzene rings is 3. The van der Waals surface area contributed by atoms with E-state index in [1.807, 2.05) is 24.3 Å². The normalized spacial score (nSPS) is 13.0. The minimum absolute atomic E-state index is 0.0130. The number of hydrogen-bond donors (Lipinski definition) is 2. The van der Waals surface area contributed by atoms with Gasteiger partial charge in [-0.2, -0.15) is 0 Å². The molecule has 10 heteroatoms. The van der Waals surface area contributed by atoms with Crippen molar-refractivity contribution in [1.29, 1.82) is 0 Å². The molecule has 1 aliphatic rings. The molecule has 1 amide bonds. The number of carbonyl (C=O) groups is 4. The van der Waals surface area contributed by atoms with Gasteiger partial charge >= 0.3 is 11.9 Å². The first-order valence-corrected chi connectivity index (χ1v) is 13.8. The van der Waals surface area contributed by atoms with Crippen LogP contribution in [-0.4, -0.2) is 61.4 Å². The van der Waals surface area contributed by atoms with Gasteiger partial charge in [0.05, 0.1) is 19.2 Å². The number of esters is 2. The summed E-state index contributed by atoms with van der Waals surface area (Å²) in [7, 11) is 1.32. The van der Waals surface area contributed by atoms with Crippen molar-refractivity contribution in [1.82, 2.24) is 10.2 Å². The fraction of sp³-hybridized carbons (Fsp3) is 0.250. The Morgan fingerprint density at radius 3 is 2.19 bits per heavy atom. The fourth-order valence-corrected chi connectivity index (χ4v) is 4.50. The zero-order chi connectivity index (χ0) is 30.1. The first kappa shape index (κ1) is 30.5. The number of rotatable bonds is 12. The average Bonchev–Trinajstić information content (AvgIpc) is 3.55. The Balaban J connectivity index is 1.34. The Hall–Kier alpha value is -4.47. The van der Waals surface area contributed by atoms with Crippen molar-refractivity contribution in [2.45, 2.75) is 26.1 Å². The van der Waals surface area contributed by atoms with Gasteiger partial charge in [-0.15, -0.1) is 0 Å². The summed E-state index contributed by atoms with van der Waals surface area (Å²) in [6.45, 7) is 3.36. The third-order valence-corrected chi connectivity index (χ3v) is 6.96. The van der Waals surface area contributed by atoms with Crippen LogP contribution in [0.25, 0.3) is 0 Å². The fourth-order valence-electron chi connectivity index (χ4n) is 4.37. The van der Waals surface area contributed by atoms with Crippen LogP contribution in [0.1, 0.15) is 49.1 Å². The van der Waals surface area contributed by atoms with Crippen LogP contribution in [0, 0.1) is 0 Å². The molecule has 4 rings (SSSR count). The van der Waals surface area contributed by atoms with Gasteiger partial charge in [0.1, 0.15) is 0 Å². The highest BCUT2D eigenvalue weighted by Gasteiger charge is 2.20. The van der Waals surface area contributed by atoms with Gasteiger partial charge in [-0.3, -0.25) is 14.4 Å². The largest absolute Gasteiger partial charge is 0.465 e. The molecule has 0 radical (unpaired) electrons. The van der Waals surface area contributed by atoms with Crippen LogP contribution in [0.2, 0.25) is 5.02 Å². The summed E-state index contributed by atoms with van der Waals surface area (Å²) >= 11 is 5.87. The Labute approximate surface area is 249 Å². The molecule has 2 N–H and O–H groups in total. The molecule has 3 aromatic rings. The van der Waals surface area contributed by atoms with Crippen LogP contribution >= 0.6 is 11.6 Å². The molecule has 218 valence electrons. The molecule has 9 nitrogen and oxygen atoms in total. The van der Waals surface area contributed by atoms with Crippen molar-refractivity contribution in [3.63, 3.8) is 0 Å². The second kappa shape index (κ2) is 14.4. The van der Waals surface area contributed by atoms with E-state index in [0.29, 0.717) is 47.0 Å². The van der Waals surface area contributed by atoms with E-state index in [-0.39, 0.29) is 24.8 Å². The Morgan fingerprint density at radius 2 is 1.52 bits per heavy atom. The minimum atomic E-state index is -0.953. The molecule has 1 unspecified atom stereocenters. The van der Waals surface area contributed by atoms with E-state index < -0.39 is 18.0 Å². The highest BCUT2D eigenvalue weighted by molar-refractivity contribution is 6.30. The Bertz CT molecular complexity index is 1460. The number of ether oxygens (including phenoxy) is 2. The highest BCUT2D eigenvalue weighted by Crippen LogP contribution is 2.20. The lowest BCUT2D eigenvalue weighted by Gasteiger charge is -2.16. The molecule has 1 aliphatic heterocycles. The number of halogens is 1. The van der Waals surface area contributed by atoms with E-state index in [1.165, 1.54) is 14.0 Å². The summed E-state index contributed by atoms with van der Waals surface area (Å²) < 4.78 is 10.2. The van der Waals surface area contributed by atoms with Crippen LogP contribution in [-0.2, 0) is 27.4 Å². The van der Waals surface area contributed by atoms with Crippen molar-refractivity contribution < 1.29 is 28.7 Å². The highest BCUT2D eigenvalue weighted by atomic mass is 35.5. The monoisotopic (exact) mass is 589 g/mol. The van der Waals surface area contributed by atoms with E-state index in [1.54, 1.807) is 59.5 Å². The second-order valence-electron chi connectivity index (χ2n) is 9.70. The number of nitrogens with zero attached hydrogens (tertiary/aromatic N) is 1. The third-order valence-electron chi connectivity index (χ3n) is 6.71. The van der Waals surface area contributed by atoms with Crippen LogP contribution in [0.3, 0.4) is 0 Å². The number of ketones is 1. The van der Waals surface area contributed by atoms with Gasteiger partial charge in [-0.05, 0) is 66.6 Å². The number of anilines is 1. The topological polar surface area (TPSA) is 114 Å². The van der Waals surface area contributed by atoms with E-state index in [4.69, 9.17) is 21.1 Å². The predicted octanol–water partition coefficient (Wildman–Crippen LogP) is 4.65. The van der Waals surface area contributed by atoms with Crippen molar-refractivity contribution in [3.05, 3.63) is 112 Å². The lowest BCUT2D eigenvalue weighted by molar-refractivity contribution is -0.145. The maximum atomic E-state index is 12.6. The van der Waals surface area contributed by atoms with Crippen molar-refractivity contribution in [2.75, 3.05) is 32.1 Å². The standard InChI is InChI=1S/C32H32ClN3O6/c1-21(30(38)23-11-13-27(33)14-12-23)42-29(37)20-34-19-26-10-9-25(32(40)41-2)17-28(26)35-18-22-5-7-24(8-6-22)31(39)36-15-3-4-16-36/h3-14,17,21,34-35H,15-16,18-20H2,1-2H3. The summed E-state index contributed by atoms with van der Waals surface area (Å²) in [5.74, 6) is -1.39. The molecule has 0 aromatic heterocycles. The maximum Gasteiger partial charge on any atom is 0.337 e. The number of methoxy groups -OCH3 is 1. The summed E-state index contributed by atoms with van der Waals surface area (Å²) in [6.07, 6.45) is 2.99. The van der Waals surface area contributed by atoms with Gasteiger partial charge in [-0.1, -0.05) is 42.0 Å². The summed E-state index contributed by atoms with van der Waals surface area (Å²) in [6, 6.07) is 18.8. The number of nitrogens with one attached hydrogen (secondary N) is 2. The number of amides is 1. The lowest BCUT2D eigenvalue weighted by Crippen LogP contribution is -2.30. The maximum absolute atomic E-state index is 12.6. The second-order valence-corrected chi connectivity index (χ2v) is 10.1. The van der Waals surface area contributed by atoms with Gasteiger partial charge < -0.3 is 25.0 Å². The van der Waals surface area contributed by atoms with Crippen LogP contribution in [0.5, 0.6) is 0 Å². The average molecular weight is 590 g/mol. The first-order valence-electron chi connectivity index (χ1n) is 13.4. The van der Waals surface area contributed by atoms with Crippen LogP contribution < -0.4 is 10.6 Å². The van der Waals surface area contributed by atoms with Gasteiger partial charge in [-0.25, -0.2) is 4.79 Å². The van der Waals surface area contributed by atoms with E-state index in [0.717, 1.165) is 11.1 Å². The quantitative estimate of drug-likeness (QED) is 0.178. The van der Waals surface area contributed by atoms with Crippen molar-refractivity contribution in [2.24, 2.45) is 0 Å². The lowest BCUT2D eigenvalue weighted by atomic mass is 10.1. The smallest absolute Gasteiger partial charge is 0.337 e. The van der Waals surface area contributed by atoms with Gasteiger partial charge in [0, 0.05) is 48.0 Å². The molecule has 0 spiro atoms. The Morgan fingerprint density at radius 1 is 0.881 bits per heavy atom. The molecular weight excluding hydrogens is 558 g/mol. The summed E-state index contributed by atoms with van der Waals surface area (Å²) in [4.78, 5) is 51.4. The molecule has 42 heavy (non-hydrogen) atoms. The number of hydrogen-bond acceptors (Lipinski definition) is 8. The first-order chi connectivity index (χ1) is 20.2. The van der Waals surface area contributed by atoms with Crippen LogP contribution in [0.4, 0.5) is 5.69 Å². The zero-order valence-corrected chi connectivity index (χ0v) is 24.1. The van der Waals surface area contributed by atoms with Gasteiger partial charge in [0.2, 0.25) is 5.78 Å².